The zero-order chi connectivity index (χ0) is 11.3. The van der Waals surface area contributed by atoms with Gasteiger partial charge in [-0.3, -0.25) is 0 Å². The van der Waals surface area contributed by atoms with Crippen LogP contribution in [0.4, 0.5) is 0 Å². The minimum Gasteiger partial charge on any atom is -0.465 e. The lowest BCUT2D eigenvalue weighted by Gasteiger charge is -2.06. The van der Waals surface area contributed by atoms with Crippen molar-refractivity contribution in [1.82, 2.24) is 0 Å². The molecule has 15 heavy (non-hydrogen) atoms. The number of carbonyl (C=O) groups is 1. The largest absolute Gasteiger partial charge is 0.465 e. The minimum atomic E-state index is -0.401. The molecule has 0 aromatic heterocycles. The molecule has 0 saturated carbocycles. The van der Waals surface area contributed by atoms with Crippen molar-refractivity contribution in [3.8, 4) is 6.07 Å². The molecule has 0 N–H and O–H groups in total. The Balaban J connectivity index is 3.17. The van der Waals surface area contributed by atoms with Crippen LogP contribution in [0.3, 0.4) is 0 Å². The second-order valence-corrected chi connectivity index (χ2v) is 3.48. The quantitative estimate of drug-likeness (QED) is 0.568. The number of esters is 1. The number of hydrogen-bond acceptors (Lipinski definition) is 3. The van der Waals surface area contributed by atoms with E-state index >= 15 is 0 Å². The summed E-state index contributed by atoms with van der Waals surface area (Å²) >= 11 is 0. The monoisotopic (exact) mass is 216 g/mol. The van der Waals surface area contributed by atoms with Gasteiger partial charge in [0.1, 0.15) is 0 Å². The summed E-state index contributed by atoms with van der Waals surface area (Å²) in [4.78, 5) is 11.4. The Morgan fingerprint density at radius 3 is 2.87 bits per heavy atom. The Morgan fingerprint density at radius 2 is 2.33 bits per heavy atom. The summed E-state index contributed by atoms with van der Waals surface area (Å²) in [7, 11) is 4.69. The summed E-state index contributed by atoms with van der Waals surface area (Å²) in [6.07, 6.45) is 0.729. The Labute approximate surface area is 92.1 Å². The highest BCUT2D eigenvalue weighted by molar-refractivity contribution is 6.08. The number of hydrogen-bond donors (Lipinski definition) is 0. The molecule has 3 radical (unpaired) electrons. The molecule has 1 aromatic rings. The van der Waals surface area contributed by atoms with Gasteiger partial charge in [-0.1, -0.05) is 12.1 Å². The minimum absolute atomic E-state index is 0.401. The van der Waals surface area contributed by atoms with Gasteiger partial charge in [0, 0.05) is 10.2 Å². The number of nitrogens with zero attached hydrogens (tertiary/aromatic N) is 1. The normalized spacial score (nSPS) is 9.40. The van der Waals surface area contributed by atoms with E-state index in [-0.39, 0.29) is 0 Å². The van der Waals surface area contributed by atoms with Gasteiger partial charge in [0.25, 0.3) is 0 Å². The average Bonchev–Trinajstić information content (AvgIpc) is 2.29. The van der Waals surface area contributed by atoms with Crippen molar-refractivity contribution in [3.63, 3.8) is 0 Å². The van der Waals surface area contributed by atoms with Gasteiger partial charge in [-0.15, -0.1) is 0 Å². The van der Waals surface area contributed by atoms with E-state index in [9.17, 15) is 4.79 Å². The first-order valence-electron chi connectivity index (χ1n) is 4.49. The number of nitriles is 1. The number of methoxy groups -OCH3 is 1. The van der Waals surface area contributed by atoms with Crippen LogP contribution in [0.25, 0.3) is 0 Å². The van der Waals surface area contributed by atoms with Crippen LogP contribution in [0.1, 0.15) is 21.5 Å². The molecule has 75 valence electrons. The molecule has 0 bridgehead atoms. The van der Waals surface area contributed by atoms with E-state index in [1.807, 2.05) is 6.07 Å². The van der Waals surface area contributed by atoms with E-state index in [1.54, 1.807) is 18.2 Å². The van der Waals surface area contributed by atoms with Gasteiger partial charge in [-0.25, -0.2) is 4.79 Å². The molecule has 4 heteroatoms. The van der Waals surface area contributed by atoms with Crippen LogP contribution in [0.15, 0.2) is 18.2 Å². The summed E-state index contributed by atoms with van der Waals surface area (Å²) in [5.74, 6) is -0.401. The van der Waals surface area contributed by atoms with Crippen molar-refractivity contribution in [2.45, 2.75) is 12.5 Å². The fraction of sp³-hybridized carbons (Fsp3) is 0.273. The SMILES string of the molecule is COC(=O)c1cc(C#N)ccc1CC[Si]. The maximum absolute atomic E-state index is 11.4. The fourth-order valence-electron chi connectivity index (χ4n) is 1.30. The van der Waals surface area contributed by atoms with E-state index in [1.165, 1.54) is 7.11 Å². The molecule has 0 heterocycles. The topological polar surface area (TPSA) is 50.1 Å². The summed E-state index contributed by atoms with van der Waals surface area (Å²) in [5, 5.41) is 8.73. The molecule has 0 unspecified atom stereocenters. The summed E-state index contributed by atoms with van der Waals surface area (Å²) in [6, 6.07) is 7.79. The maximum Gasteiger partial charge on any atom is 0.338 e. The molecule has 0 spiro atoms. The standard InChI is InChI=1S/C11H10NO2Si/c1-14-11(13)10-6-8(7-12)2-3-9(10)4-5-15/h2-3,6H,4-5H2,1H3. The van der Waals surface area contributed by atoms with Crippen molar-refractivity contribution >= 4 is 16.2 Å². The number of rotatable bonds is 3. The molecule has 1 rings (SSSR count). The molecular weight excluding hydrogens is 206 g/mol. The van der Waals surface area contributed by atoms with E-state index in [2.05, 4.69) is 15.0 Å². The molecule has 0 amide bonds. The summed E-state index contributed by atoms with van der Waals surface area (Å²) < 4.78 is 4.66. The second-order valence-electron chi connectivity index (χ2n) is 2.98. The van der Waals surface area contributed by atoms with E-state index < -0.39 is 5.97 Å². The summed E-state index contributed by atoms with van der Waals surface area (Å²) in [6.45, 7) is 0. The maximum atomic E-state index is 11.4. The van der Waals surface area contributed by atoms with Crippen molar-refractivity contribution in [3.05, 3.63) is 34.9 Å². The third-order valence-electron chi connectivity index (χ3n) is 2.04. The van der Waals surface area contributed by atoms with Gasteiger partial charge in [-0.2, -0.15) is 5.26 Å². The van der Waals surface area contributed by atoms with Gasteiger partial charge in [-0.05, 0) is 24.1 Å². The number of carbonyl (C=O) groups excluding carboxylic acids is 1. The predicted octanol–water partition coefficient (Wildman–Crippen LogP) is 1.47. The van der Waals surface area contributed by atoms with E-state index in [4.69, 9.17) is 5.26 Å². The van der Waals surface area contributed by atoms with E-state index in [0.717, 1.165) is 18.0 Å². The highest BCUT2D eigenvalue weighted by Gasteiger charge is 2.11. The smallest absolute Gasteiger partial charge is 0.338 e. The average molecular weight is 216 g/mol. The first kappa shape index (κ1) is 11.5. The number of aryl methyl sites for hydroxylation is 1. The molecule has 0 fully saturated rings. The predicted molar refractivity (Wildman–Crippen MR) is 56.8 cm³/mol. The third-order valence-corrected chi connectivity index (χ3v) is 2.29. The first-order chi connectivity index (χ1) is 7.22. The van der Waals surface area contributed by atoms with Crippen molar-refractivity contribution in [2.24, 2.45) is 0 Å². The van der Waals surface area contributed by atoms with Crippen LogP contribution >= 0.6 is 0 Å². The zero-order valence-electron chi connectivity index (χ0n) is 8.41. The van der Waals surface area contributed by atoms with Crippen molar-refractivity contribution in [2.75, 3.05) is 7.11 Å². The molecule has 0 saturated heterocycles. The second kappa shape index (κ2) is 5.32. The zero-order valence-corrected chi connectivity index (χ0v) is 9.41. The summed E-state index contributed by atoms with van der Waals surface area (Å²) in [5.41, 5.74) is 1.82. The molecule has 0 aliphatic rings. The molecule has 1 aromatic carbocycles. The van der Waals surface area contributed by atoms with Crippen LogP contribution in [0.2, 0.25) is 6.04 Å². The van der Waals surface area contributed by atoms with Crippen LogP contribution in [-0.4, -0.2) is 23.3 Å². The van der Waals surface area contributed by atoms with Crippen LogP contribution in [0.5, 0.6) is 0 Å². The number of ether oxygens (including phenoxy) is 1. The lowest BCUT2D eigenvalue weighted by molar-refractivity contribution is 0.0599. The van der Waals surface area contributed by atoms with Gasteiger partial charge >= 0.3 is 5.97 Å². The highest BCUT2D eigenvalue weighted by Crippen LogP contribution is 2.14. The van der Waals surface area contributed by atoms with Crippen LogP contribution in [-0.2, 0) is 11.2 Å². The lowest BCUT2D eigenvalue weighted by Crippen LogP contribution is -2.06. The molecule has 3 nitrogen and oxygen atoms in total. The van der Waals surface area contributed by atoms with Crippen molar-refractivity contribution in [1.29, 1.82) is 5.26 Å². The number of benzene rings is 1. The van der Waals surface area contributed by atoms with Crippen LogP contribution in [0, 0.1) is 11.3 Å². The Hall–Kier alpha value is -1.60. The van der Waals surface area contributed by atoms with Gasteiger partial charge in [0.15, 0.2) is 0 Å². The molecular formula is C11H10NO2Si. The molecule has 0 aliphatic carbocycles. The van der Waals surface area contributed by atoms with Gasteiger partial charge < -0.3 is 4.74 Å². The van der Waals surface area contributed by atoms with E-state index in [0.29, 0.717) is 11.1 Å². The first-order valence-corrected chi connectivity index (χ1v) is 5.19. The van der Waals surface area contributed by atoms with Crippen LogP contribution < -0.4 is 0 Å². The van der Waals surface area contributed by atoms with Gasteiger partial charge in [0.05, 0.1) is 24.3 Å². The Morgan fingerprint density at radius 1 is 1.60 bits per heavy atom. The fourth-order valence-corrected chi connectivity index (χ4v) is 1.57. The highest BCUT2D eigenvalue weighted by atomic mass is 28.1. The Kier molecular flexibility index (Phi) is 4.07. The third kappa shape index (κ3) is 2.67. The van der Waals surface area contributed by atoms with Crippen molar-refractivity contribution < 1.29 is 9.53 Å². The molecule has 0 atom stereocenters. The lowest BCUT2D eigenvalue weighted by atomic mass is 10.0. The Bertz CT molecular complexity index is 410. The van der Waals surface area contributed by atoms with Gasteiger partial charge in [0.2, 0.25) is 0 Å². The molecule has 0 aliphatic heterocycles.